The first-order chi connectivity index (χ1) is 14.8. The smallest absolute Gasteiger partial charge is 0.222 e. The molecule has 0 unspecified atom stereocenters. The highest BCUT2D eigenvalue weighted by molar-refractivity contribution is 5.94. The number of anilines is 1. The summed E-state index contributed by atoms with van der Waals surface area (Å²) in [4.78, 5) is 38.8. The molecule has 1 fully saturated rings. The van der Waals surface area contributed by atoms with E-state index in [0.29, 0.717) is 68.2 Å². The normalized spacial score (nSPS) is 13.8. The molecule has 1 amide bonds. The first-order valence-electron chi connectivity index (χ1n) is 10.4. The first-order valence-corrected chi connectivity index (χ1v) is 10.4. The zero-order chi connectivity index (χ0) is 22.4. The highest BCUT2D eigenvalue weighted by Gasteiger charge is 2.23. The number of rotatable bonds is 8. The lowest BCUT2D eigenvalue weighted by atomic mass is 10.1. The number of nitrogens with zero attached hydrogens (tertiary/aromatic N) is 2. The van der Waals surface area contributed by atoms with Gasteiger partial charge in [0.25, 0.3) is 0 Å². The minimum Gasteiger partial charge on any atom is -0.494 e. The first kappa shape index (κ1) is 22.5. The molecule has 31 heavy (non-hydrogen) atoms. The third kappa shape index (κ3) is 5.90. The van der Waals surface area contributed by atoms with Gasteiger partial charge in [-0.2, -0.15) is 0 Å². The molecule has 2 aromatic carbocycles. The maximum absolute atomic E-state index is 14.4. The molecule has 164 valence electrons. The lowest BCUT2D eigenvalue weighted by molar-refractivity contribution is -0.131. The number of halogens is 1. The van der Waals surface area contributed by atoms with Crippen molar-refractivity contribution in [3.8, 4) is 5.75 Å². The van der Waals surface area contributed by atoms with E-state index in [0.717, 1.165) is 0 Å². The molecule has 1 heterocycles. The van der Waals surface area contributed by atoms with Crippen LogP contribution in [0.25, 0.3) is 0 Å². The van der Waals surface area contributed by atoms with E-state index < -0.39 is 5.82 Å². The molecule has 0 atom stereocenters. The van der Waals surface area contributed by atoms with E-state index in [1.54, 1.807) is 41.3 Å². The molecule has 0 N–H and O–H groups in total. The SMILES string of the molecule is CC(=O)c1ccc(OCCCC(=O)N2CCN(c3ccc(C(C)=O)cc3F)CC2)cc1. The Bertz CT molecular complexity index is 951. The molecular weight excluding hydrogens is 399 g/mol. The van der Waals surface area contributed by atoms with Crippen molar-refractivity contribution in [2.24, 2.45) is 0 Å². The van der Waals surface area contributed by atoms with E-state index in [2.05, 4.69) is 0 Å². The highest BCUT2D eigenvalue weighted by atomic mass is 19.1. The molecule has 2 aromatic rings. The fourth-order valence-electron chi connectivity index (χ4n) is 3.54. The number of ketones is 2. The Morgan fingerprint density at radius 1 is 0.903 bits per heavy atom. The van der Waals surface area contributed by atoms with Crippen molar-refractivity contribution in [1.82, 2.24) is 4.90 Å². The summed E-state index contributed by atoms with van der Waals surface area (Å²) in [6.07, 6.45) is 0.974. The number of amides is 1. The average molecular weight is 426 g/mol. The van der Waals surface area contributed by atoms with Crippen molar-refractivity contribution < 1.29 is 23.5 Å². The monoisotopic (exact) mass is 426 g/mol. The summed E-state index contributed by atoms with van der Waals surface area (Å²) < 4.78 is 20.0. The number of hydrogen-bond acceptors (Lipinski definition) is 5. The summed E-state index contributed by atoms with van der Waals surface area (Å²) in [5, 5.41) is 0. The maximum Gasteiger partial charge on any atom is 0.222 e. The lowest BCUT2D eigenvalue weighted by Crippen LogP contribution is -2.49. The summed E-state index contributed by atoms with van der Waals surface area (Å²) in [6, 6.07) is 11.5. The van der Waals surface area contributed by atoms with Gasteiger partial charge < -0.3 is 14.5 Å². The summed E-state index contributed by atoms with van der Waals surface area (Å²) in [6.45, 7) is 5.48. The third-order valence-electron chi connectivity index (χ3n) is 5.39. The van der Waals surface area contributed by atoms with Gasteiger partial charge in [0, 0.05) is 43.7 Å². The summed E-state index contributed by atoms with van der Waals surface area (Å²) in [5.41, 5.74) is 1.45. The number of carbonyl (C=O) groups excluding carboxylic acids is 3. The van der Waals surface area contributed by atoms with E-state index >= 15 is 0 Å². The van der Waals surface area contributed by atoms with Gasteiger partial charge in [-0.3, -0.25) is 14.4 Å². The topological polar surface area (TPSA) is 66.9 Å². The molecule has 6 nitrogen and oxygen atoms in total. The lowest BCUT2D eigenvalue weighted by Gasteiger charge is -2.36. The van der Waals surface area contributed by atoms with Crippen molar-refractivity contribution in [3.63, 3.8) is 0 Å². The molecule has 1 aliphatic heterocycles. The highest BCUT2D eigenvalue weighted by Crippen LogP contribution is 2.22. The van der Waals surface area contributed by atoms with Crippen LogP contribution in [0.1, 0.15) is 47.4 Å². The second-order valence-electron chi connectivity index (χ2n) is 7.62. The van der Waals surface area contributed by atoms with E-state index in [9.17, 15) is 18.8 Å². The molecule has 0 spiro atoms. The zero-order valence-electron chi connectivity index (χ0n) is 17.9. The van der Waals surface area contributed by atoms with Crippen LogP contribution in [0.5, 0.6) is 5.75 Å². The predicted octanol–water partition coefficient (Wildman–Crippen LogP) is 3.74. The number of Topliss-reactive ketones (excluding diaryl/α,β-unsaturated/α-hetero) is 2. The summed E-state index contributed by atoms with van der Waals surface area (Å²) in [7, 11) is 0. The molecule has 0 bridgehead atoms. The van der Waals surface area contributed by atoms with Gasteiger partial charge in [-0.05, 0) is 62.7 Å². The van der Waals surface area contributed by atoms with Crippen molar-refractivity contribution in [3.05, 3.63) is 59.4 Å². The Morgan fingerprint density at radius 2 is 1.52 bits per heavy atom. The van der Waals surface area contributed by atoms with Crippen LogP contribution in [-0.2, 0) is 4.79 Å². The maximum atomic E-state index is 14.4. The molecule has 0 aliphatic carbocycles. The quantitative estimate of drug-likeness (QED) is 0.475. The molecule has 1 saturated heterocycles. The van der Waals surface area contributed by atoms with Gasteiger partial charge in [-0.1, -0.05) is 0 Å². The van der Waals surface area contributed by atoms with Crippen LogP contribution in [0.2, 0.25) is 0 Å². The Hall–Kier alpha value is -3.22. The number of piperazine rings is 1. The van der Waals surface area contributed by atoms with Gasteiger partial charge in [-0.15, -0.1) is 0 Å². The molecule has 7 heteroatoms. The minimum absolute atomic E-state index is 0.00746. The Labute approximate surface area is 181 Å². The second kappa shape index (κ2) is 10.2. The van der Waals surface area contributed by atoms with Gasteiger partial charge >= 0.3 is 0 Å². The van der Waals surface area contributed by atoms with Gasteiger partial charge in [0.1, 0.15) is 11.6 Å². The number of ether oxygens (including phenoxy) is 1. The standard InChI is InChI=1S/C24H27FN2O4/c1-17(28)19-5-8-21(9-6-19)31-15-3-4-24(30)27-13-11-26(12-14-27)23-10-7-20(18(2)29)16-22(23)25/h5-10,16H,3-4,11-15H2,1-2H3. The van der Waals surface area contributed by atoms with Gasteiger partial charge in [-0.25, -0.2) is 4.39 Å². The molecule has 0 aromatic heterocycles. The minimum atomic E-state index is -0.416. The van der Waals surface area contributed by atoms with Gasteiger partial charge in [0.2, 0.25) is 5.91 Å². The van der Waals surface area contributed by atoms with Crippen LogP contribution in [0, 0.1) is 5.82 Å². The predicted molar refractivity (Wildman–Crippen MR) is 116 cm³/mol. The van der Waals surface area contributed by atoms with Crippen molar-refractivity contribution in [2.75, 3.05) is 37.7 Å². The Kier molecular flexibility index (Phi) is 7.39. The van der Waals surface area contributed by atoms with Crippen LogP contribution in [0.15, 0.2) is 42.5 Å². The number of benzene rings is 2. The average Bonchev–Trinajstić information content (AvgIpc) is 2.77. The number of carbonyl (C=O) groups is 3. The van der Waals surface area contributed by atoms with Gasteiger partial charge in [0.05, 0.1) is 12.3 Å². The largest absolute Gasteiger partial charge is 0.494 e. The Morgan fingerprint density at radius 3 is 2.10 bits per heavy atom. The van der Waals surface area contributed by atoms with Crippen LogP contribution in [0.3, 0.4) is 0 Å². The van der Waals surface area contributed by atoms with Crippen LogP contribution in [0.4, 0.5) is 10.1 Å². The van der Waals surface area contributed by atoms with E-state index in [-0.39, 0.29) is 17.5 Å². The summed E-state index contributed by atoms with van der Waals surface area (Å²) >= 11 is 0. The van der Waals surface area contributed by atoms with Crippen LogP contribution >= 0.6 is 0 Å². The third-order valence-corrected chi connectivity index (χ3v) is 5.39. The second-order valence-corrected chi connectivity index (χ2v) is 7.62. The van der Waals surface area contributed by atoms with Crippen LogP contribution < -0.4 is 9.64 Å². The van der Waals surface area contributed by atoms with Crippen molar-refractivity contribution in [2.45, 2.75) is 26.7 Å². The van der Waals surface area contributed by atoms with E-state index in [1.807, 2.05) is 4.90 Å². The van der Waals surface area contributed by atoms with E-state index in [1.165, 1.54) is 19.9 Å². The van der Waals surface area contributed by atoms with E-state index in [4.69, 9.17) is 4.74 Å². The van der Waals surface area contributed by atoms with Crippen molar-refractivity contribution in [1.29, 1.82) is 0 Å². The Balaban J connectivity index is 1.41. The van der Waals surface area contributed by atoms with Gasteiger partial charge in [0.15, 0.2) is 11.6 Å². The molecule has 1 aliphatic rings. The fraction of sp³-hybridized carbons (Fsp3) is 0.375. The van der Waals surface area contributed by atoms with Crippen molar-refractivity contribution >= 4 is 23.2 Å². The fourth-order valence-corrected chi connectivity index (χ4v) is 3.54. The van der Waals surface area contributed by atoms with Crippen LogP contribution in [-0.4, -0.2) is 55.2 Å². The zero-order valence-corrected chi connectivity index (χ0v) is 17.9. The molecular formula is C24H27FN2O4. The number of hydrogen-bond donors (Lipinski definition) is 0. The molecule has 3 rings (SSSR count). The molecule has 0 saturated carbocycles. The summed E-state index contributed by atoms with van der Waals surface area (Å²) in [5.74, 6) is 0.151. The molecule has 0 radical (unpaired) electrons.